The Bertz CT molecular complexity index is 604. The summed E-state index contributed by atoms with van der Waals surface area (Å²) in [4.78, 5) is 19.9. The number of likely N-dealkylation sites (N-methyl/N-ethyl adjacent to an activating group) is 1. The normalized spacial score (nSPS) is 12.6. The first-order chi connectivity index (χ1) is 9.49. The summed E-state index contributed by atoms with van der Waals surface area (Å²) in [6.07, 6.45) is 3.24. The van der Waals surface area contributed by atoms with Gasteiger partial charge in [0.1, 0.15) is 17.7 Å². The molecule has 20 heavy (non-hydrogen) atoms. The Balaban J connectivity index is 2.26. The van der Waals surface area contributed by atoms with Gasteiger partial charge in [-0.2, -0.15) is 0 Å². The molecule has 0 aliphatic carbocycles. The van der Waals surface area contributed by atoms with Gasteiger partial charge in [-0.15, -0.1) is 0 Å². The number of halogens is 2. The molecule has 1 heterocycles. The molecule has 106 valence electrons. The highest BCUT2D eigenvalue weighted by Crippen LogP contribution is 2.25. The predicted octanol–water partition coefficient (Wildman–Crippen LogP) is 2.46. The van der Waals surface area contributed by atoms with E-state index in [9.17, 15) is 14.3 Å². The van der Waals surface area contributed by atoms with Crippen LogP contribution in [0.3, 0.4) is 0 Å². The third-order valence-corrected chi connectivity index (χ3v) is 3.19. The number of benzene rings is 1. The molecule has 0 saturated carbocycles. The predicted molar refractivity (Wildman–Crippen MR) is 71.8 cm³/mol. The number of carboxylic acid groups (broad SMARTS) is 1. The van der Waals surface area contributed by atoms with E-state index in [4.69, 9.17) is 11.6 Å². The number of hydrogen-bond donors (Lipinski definition) is 2. The fourth-order valence-corrected chi connectivity index (χ4v) is 2.10. The number of carbonyl (C=O) groups is 1. The lowest BCUT2D eigenvalue weighted by atomic mass is 10.1. The van der Waals surface area contributed by atoms with Gasteiger partial charge in [0.25, 0.3) is 0 Å². The fourth-order valence-electron chi connectivity index (χ4n) is 1.98. The molecule has 0 aliphatic heterocycles. The maximum Gasteiger partial charge on any atom is 0.325 e. The number of rotatable bonds is 5. The molecule has 0 amide bonds. The molecule has 1 aromatic heterocycles. The van der Waals surface area contributed by atoms with Gasteiger partial charge in [-0.3, -0.25) is 9.69 Å². The zero-order valence-electron chi connectivity index (χ0n) is 10.7. The van der Waals surface area contributed by atoms with E-state index in [1.807, 2.05) is 0 Å². The summed E-state index contributed by atoms with van der Waals surface area (Å²) in [6, 6.07) is 3.01. The van der Waals surface area contributed by atoms with Crippen LogP contribution < -0.4 is 0 Å². The lowest BCUT2D eigenvalue weighted by Gasteiger charge is -2.24. The van der Waals surface area contributed by atoms with E-state index in [-0.39, 0.29) is 5.02 Å². The number of H-pyrrole nitrogens is 1. The van der Waals surface area contributed by atoms with Crippen LogP contribution in [-0.4, -0.2) is 33.0 Å². The van der Waals surface area contributed by atoms with Crippen LogP contribution in [0.25, 0.3) is 0 Å². The average Bonchev–Trinajstić information content (AvgIpc) is 2.86. The summed E-state index contributed by atoms with van der Waals surface area (Å²) >= 11 is 5.61. The molecular weight excluding hydrogens is 285 g/mol. The smallest absolute Gasteiger partial charge is 0.325 e. The van der Waals surface area contributed by atoms with Gasteiger partial charge in [-0.1, -0.05) is 17.7 Å². The van der Waals surface area contributed by atoms with Gasteiger partial charge in [-0.05, 0) is 24.7 Å². The van der Waals surface area contributed by atoms with Crippen molar-refractivity contribution in [2.45, 2.75) is 12.6 Å². The van der Waals surface area contributed by atoms with Crippen LogP contribution in [0, 0.1) is 5.82 Å². The molecular formula is C13H13ClFN3O2. The lowest BCUT2D eigenvalue weighted by molar-refractivity contribution is -0.143. The number of aromatic nitrogens is 2. The average molecular weight is 298 g/mol. The minimum atomic E-state index is -1.07. The quantitative estimate of drug-likeness (QED) is 0.889. The maximum atomic E-state index is 13.5. The van der Waals surface area contributed by atoms with Crippen LogP contribution >= 0.6 is 11.6 Å². The Labute approximate surface area is 120 Å². The van der Waals surface area contributed by atoms with Crippen molar-refractivity contribution < 1.29 is 14.3 Å². The summed E-state index contributed by atoms with van der Waals surface area (Å²) in [5.74, 6) is -1.07. The third kappa shape index (κ3) is 3.15. The van der Waals surface area contributed by atoms with Crippen molar-refractivity contribution >= 4 is 17.6 Å². The second kappa shape index (κ2) is 6.02. The van der Waals surface area contributed by atoms with Crippen molar-refractivity contribution in [2.24, 2.45) is 0 Å². The van der Waals surface area contributed by atoms with Crippen LogP contribution in [0.2, 0.25) is 5.02 Å². The first-order valence-corrected chi connectivity index (χ1v) is 6.23. The van der Waals surface area contributed by atoms with Crippen molar-refractivity contribution in [3.63, 3.8) is 0 Å². The zero-order chi connectivity index (χ0) is 14.7. The summed E-state index contributed by atoms with van der Waals surface area (Å²) in [6.45, 7) is 0.300. The number of nitrogens with one attached hydrogen (secondary N) is 1. The Morgan fingerprint density at radius 3 is 2.90 bits per heavy atom. The Morgan fingerprint density at radius 1 is 1.60 bits per heavy atom. The van der Waals surface area contributed by atoms with Crippen LogP contribution in [0.5, 0.6) is 0 Å². The van der Waals surface area contributed by atoms with Gasteiger partial charge in [0.05, 0.1) is 11.6 Å². The lowest BCUT2D eigenvalue weighted by Crippen LogP contribution is -2.31. The Hall–Kier alpha value is -1.92. The Morgan fingerprint density at radius 2 is 2.35 bits per heavy atom. The van der Waals surface area contributed by atoms with E-state index in [1.54, 1.807) is 24.3 Å². The van der Waals surface area contributed by atoms with Crippen LogP contribution in [0.4, 0.5) is 4.39 Å². The van der Waals surface area contributed by atoms with Crippen molar-refractivity contribution in [3.05, 3.63) is 52.8 Å². The van der Waals surface area contributed by atoms with E-state index in [2.05, 4.69) is 9.97 Å². The molecule has 0 saturated heterocycles. The largest absolute Gasteiger partial charge is 0.480 e. The number of imidazole rings is 1. The monoisotopic (exact) mass is 297 g/mol. The van der Waals surface area contributed by atoms with Gasteiger partial charge in [0.15, 0.2) is 0 Å². The first-order valence-electron chi connectivity index (χ1n) is 5.85. The minimum absolute atomic E-state index is 0.0356. The second-order valence-electron chi connectivity index (χ2n) is 4.37. The second-order valence-corrected chi connectivity index (χ2v) is 4.77. The van der Waals surface area contributed by atoms with E-state index in [0.717, 1.165) is 6.07 Å². The van der Waals surface area contributed by atoms with Crippen molar-refractivity contribution in [3.8, 4) is 0 Å². The van der Waals surface area contributed by atoms with Gasteiger partial charge >= 0.3 is 5.97 Å². The fraction of sp³-hybridized carbons (Fsp3) is 0.231. The molecule has 0 unspecified atom stereocenters. The van der Waals surface area contributed by atoms with Crippen LogP contribution in [0.1, 0.15) is 17.4 Å². The maximum absolute atomic E-state index is 13.5. The molecule has 2 N–H and O–H groups in total. The minimum Gasteiger partial charge on any atom is -0.480 e. The summed E-state index contributed by atoms with van der Waals surface area (Å²) < 4.78 is 13.5. The van der Waals surface area contributed by atoms with Crippen molar-refractivity contribution in [2.75, 3.05) is 7.05 Å². The molecule has 1 atom stereocenters. The first kappa shape index (κ1) is 14.5. The standard InChI is InChI=1S/C13H13ClFN3O2/c1-18(7-11-16-4-5-17-11)12(13(19)20)8-2-3-9(14)10(15)6-8/h2-6,12H,7H2,1H3,(H,16,17)(H,19,20)/t12-/m0/s1. The summed E-state index contributed by atoms with van der Waals surface area (Å²) in [7, 11) is 1.63. The number of aromatic amines is 1. The molecule has 2 aromatic rings. The molecule has 0 bridgehead atoms. The highest BCUT2D eigenvalue weighted by Gasteiger charge is 2.26. The molecule has 1 aromatic carbocycles. The van der Waals surface area contributed by atoms with Crippen LogP contribution in [-0.2, 0) is 11.3 Å². The SMILES string of the molecule is CN(Cc1ncc[nH]1)[C@H](C(=O)O)c1ccc(Cl)c(F)c1. The number of aliphatic carboxylic acids is 1. The van der Waals surface area contributed by atoms with Gasteiger partial charge in [-0.25, -0.2) is 9.37 Å². The Kier molecular flexibility index (Phi) is 4.36. The molecule has 5 nitrogen and oxygen atoms in total. The van der Waals surface area contributed by atoms with Gasteiger partial charge in [0, 0.05) is 12.4 Å². The zero-order valence-corrected chi connectivity index (χ0v) is 11.4. The number of nitrogens with zero attached hydrogens (tertiary/aromatic N) is 2. The van der Waals surface area contributed by atoms with E-state index in [1.165, 1.54) is 12.1 Å². The number of carboxylic acids is 1. The highest BCUT2D eigenvalue weighted by atomic mass is 35.5. The molecule has 0 aliphatic rings. The van der Waals surface area contributed by atoms with Crippen LogP contribution in [0.15, 0.2) is 30.6 Å². The molecule has 7 heteroatoms. The summed E-state index contributed by atoms with van der Waals surface area (Å²) in [5.41, 5.74) is 0.327. The van der Waals surface area contributed by atoms with E-state index >= 15 is 0 Å². The van der Waals surface area contributed by atoms with E-state index < -0.39 is 17.8 Å². The topological polar surface area (TPSA) is 69.2 Å². The summed E-state index contributed by atoms with van der Waals surface area (Å²) in [5, 5.41) is 9.32. The molecule has 0 radical (unpaired) electrons. The third-order valence-electron chi connectivity index (χ3n) is 2.89. The molecule has 0 spiro atoms. The molecule has 0 fully saturated rings. The van der Waals surface area contributed by atoms with E-state index in [0.29, 0.717) is 17.9 Å². The highest BCUT2D eigenvalue weighted by molar-refractivity contribution is 6.30. The van der Waals surface area contributed by atoms with Crippen molar-refractivity contribution in [1.82, 2.24) is 14.9 Å². The van der Waals surface area contributed by atoms with Gasteiger partial charge < -0.3 is 10.1 Å². The molecule has 2 rings (SSSR count). The van der Waals surface area contributed by atoms with Gasteiger partial charge in [0.2, 0.25) is 0 Å². The van der Waals surface area contributed by atoms with Crippen molar-refractivity contribution in [1.29, 1.82) is 0 Å². The number of hydrogen-bond acceptors (Lipinski definition) is 3.